The van der Waals surface area contributed by atoms with E-state index in [4.69, 9.17) is 4.74 Å². The fourth-order valence-corrected chi connectivity index (χ4v) is 2.53. The first kappa shape index (κ1) is 15.7. The third-order valence-corrected chi connectivity index (χ3v) is 3.59. The molecule has 0 saturated heterocycles. The van der Waals surface area contributed by atoms with Gasteiger partial charge in [-0.25, -0.2) is 13.8 Å². The van der Waals surface area contributed by atoms with E-state index in [1.54, 1.807) is 19.1 Å². The summed E-state index contributed by atoms with van der Waals surface area (Å²) in [7, 11) is 0. The van der Waals surface area contributed by atoms with E-state index < -0.39 is 17.3 Å². The van der Waals surface area contributed by atoms with E-state index in [0.717, 1.165) is 6.07 Å². The Morgan fingerprint density at radius 1 is 1.17 bits per heavy atom. The quantitative estimate of drug-likeness (QED) is 0.782. The predicted octanol–water partition coefficient (Wildman–Crippen LogP) is 3.52. The first-order valence-electron chi connectivity index (χ1n) is 7.33. The summed E-state index contributed by atoms with van der Waals surface area (Å²) in [5.41, 5.74) is 0.695. The van der Waals surface area contributed by atoms with E-state index in [1.807, 2.05) is 0 Å². The van der Waals surface area contributed by atoms with E-state index >= 15 is 0 Å². The lowest BCUT2D eigenvalue weighted by atomic mass is 10.1. The van der Waals surface area contributed by atoms with Gasteiger partial charge in [-0.2, -0.15) is 0 Å². The van der Waals surface area contributed by atoms with Crippen molar-refractivity contribution in [2.45, 2.75) is 6.92 Å². The van der Waals surface area contributed by atoms with E-state index in [-0.39, 0.29) is 23.3 Å². The van der Waals surface area contributed by atoms with Gasteiger partial charge in [-0.3, -0.25) is 4.79 Å². The first-order chi connectivity index (χ1) is 11.5. The van der Waals surface area contributed by atoms with Gasteiger partial charge in [0.15, 0.2) is 5.43 Å². The number of ether oxygens (including phenoxy) is 1. The van der Waals surface area contributed by atoms with Gasteiger partial charge in [-0.05, 0) is 55.0 Å². The van der Waals surface area contributed by atoms with E-state index in [0.29, 0.717) is 11.3 Å². The van der Waals surface area contributed by atoms with Crippen molar-refractivity contribution >= 4 is 17.0 Å². The molecule has 0 amide bonds. The highest BCUT2D eigenvalue weighted by atomic mass is 19.1. The molecule has 0 atom stereocenters. The molecule has 1 heterocycles. The van der Waals surface area contributed by atoms with Crippen molar-refractivity contribution in [3.8, 4) is 17.0 Å². The number of rotatable bonds is 2. The van der Waals surface area contributed by atoms with Gasteiger partial charge in [0.25, 0.3) is 0 Å². The van der Waals surface area contributed by atoms with Crippen LogP contribution in [0.5, 0.6) is 5.75 Å². The summed E-state index contributed by atoms with van der Waals surface area (Å²) in [6.07, 6.45) is -0.669. The number of hydrogen-bond acceptors (Lipinski definition) is 4. The van der Waals surface area contributed by atoms with Crippen molar-refractivity contribution in [1.82, 2.24) is 4.57 Å². The van der Waals surface area contributed by atoms with Crippen LogP contribution in [0.1, 0.15) is 6.92 Å². The Hall–Kier alpha value is -3.15. The molecule has 0 aliphatic rings. The topological polar surface area (TPSA) is 68.5 Å². The molecule has 0 fully saturated rings. The van der Waals surface area contributed by atoms with Crippen LogP contribution in [-0.2, 0) is 4.74 Å². The Morgan fingerprint density at radius 3 is 2.54 bits per heavy atom. The number of phenolic OH excluding ortho intramolecular Hbond substituents is 1. The number of aromatic hydroxyl groups is 1. The summed E-state index contributed by atoms with van der Waals surface area (Å²) in [4.78, 5) is 24.8. The molecule has 122 valence electrons. The van der Waals surface area contributed by atoms with Gasteiger partial charge in [0.05, 0.1) is 17.8 Å². The minimum atomic E-state index is -0.669. The summed E-state index contributed by atoms with van der Waals surface area (Å²) in [6, 6.07) is 10.9. The lowest BCUT2D eigenvalue weighted by molar-refractivity contribution is 0.155. The van der Waals surface area contributed by atoms with Crippen molar-refractivity contribution in [3.63, 3.8) is 0 Å². The highest BCUT2D eigenvalue weighted by molar-refractivity contribution is 5.92. The minimum absolute atomic E-state index is 0.0617. The molecule has 5 nitrogen and oxygen atoms in total. The Balaban J connectivity index is 2.37. The summed E-state index contributed by atoms with van der Waals surface area (Å²) in [5.74, 6) is -0.501. The third-order valence-electron chi connectivity index (χ3n) is 3.59. The molecular formula is C18H14FNO4. The summed E-state index contributed by atoms with van der Waals surface area (Å²) >= 11 is 0. The van der Waals surface area contributed by atoms with Gasteiger partial charge in [-0.1, -0.05) is 0 Å². The SMILES string of the molecule is CCOC(=O)n1c(-c2ccc(O)cc2)cc(=O)c2cc(F)ccc21. The number of pyridine rings is 1. The second-order valence-electron chi connectivity index (χ2n) is 5.14. The minimum Gasteiger partial charge on any atom is -0.508 e. The average Bonchev–Trinajstić information content (AvgIpc) is 2.56. The zero-order valence-corrected chi connectivity index (χ0v) is 12.8. The van der Waals surface area contributed by atoms with Crippen molar-refractivity contribution in [3.05, 3.63) is 64.6 Å². The van der Waals surface area contributed by atoms with Gasteiger partial charge < -0.3 is 9.84 Å². The highest BCUT2D eigenvalue weighted by Gasteiger charge is 2.17. The molecule has 3 aromatic rings. The van der Waals surface area contributed by atoms with Crippen LogP contribution in [0.25, 0.3) is 22.2 Å². The van der Waals surface area contributed by atoms with Crippen molar-refractivity contribution < 1.29 is 19.0 Å². The van der Waals surface area contributed by atoms with Gasteiger partial charge in [0.1, 0.15) is 11.6 Å². The van der Waals surface area contributed by atoms with Gasteiger partial charge in [0, 0.05) is 11.5 Å². The number of hydrogen-bond donors (Lipinski definition) is 1. The van der Waals surface area contributed by atoms with Crippen LogP contribution in [0.2, 0.25) is 0 Å². The Labute approximate surface area is 136 Å². The molecule has 0 spiro atoms. The summed E-state index contributed by atoms with van der Waals surface area (Å²) < 4.78 is 19.8. The average molecular weight is 327 g/mol. The van der Waals surface area contributed by atoms with Crippen LogP contribution in [0.3, 0.4) is 0 Å². The lowest BCUT2D eigenvalue weighted by Gasteiger charge is -2.15. The molecule has 1 N–H and O–H groups in total. The molecule has 0 bridgehead atoms. The highest BCUT2D eigenvalue weighted by Crippen LogP contribution is 2.25. The molecule has 0 aliphatic heterocycles. The monoisotopic (exact) mass is 327 g/mol. The Bertz CT molecular complexity index is 977. The molecule has 0 saturated carbocycles. The lowest BCUT2D eigenvalue weighted by Crippen LogP contribution is -2.20. The molecule has 1 aromatic heterocycles. The maximum atomic E-state index is 13.5. The van der Waals surface area contributed by atoms with Gasteiger partial charge >= 0.3 is 6.09 Å². The number of carbonyl (C=O) groups is 1. The molecule has 24 heavy (non-hydrogen) atoms. The zero-order chi connectivity index (χ0) is 17.3. The Morgan fingerprint density at radius 2 is 1.88 bits per heavy atom. The zero-order valence-electron chi connectivity index (χ0n) is 12.8. The first-order valence-corrected chi connectivity index (χ1v) is 7.33. The number of benzene rings is 2. The molecule has 3 rings (SSSR count). The largest absolute Gasteiger partial charge is 0.508 e. The van der Waals surface area contributed by atoms with Gasteiger partial charge in [-0.15, -0.1) is 0 Å². The van der Waals surface area contributed by atoms with Gasteiger partial charge in [0.2, 0.25) is 0 Å². The number of phenols is 1. The third kappa shape index (κ3) is 2.74. The fourth-order valence-electron chi connectivity index (χ4n) is 2.53. The van der Waals surface area contributed by atoms with E-state index in [2.05, 4.69) is 0 Å². The van der Waals surface area contributed by atoms with E-state index in [9.17, 15) is 19.1 Å². The summed E-state index contributed by atoms with van der Waals surface area (Å²) in [5, 5.41) is 9.51. The maximum Gasteiger partial charge on any atom is 0.418 e. The second kappa shape index (κ2) is 6.16. The number of nitrogens with zero attached hydrogens (tertiary/aromatic N) is 1. The number of carbonyl (C=O) groups excluding carboxylic acids is 1. The van der Waals surface area contributed by atoms with Crippen molar-refractivity contribution in [2.24, 2.45) is 0 Å². The molecule has 2 aromatic carbocycles. The van der Waals surface area contributed by atoms with Crippen LogP contribution in [0.15, 0.2) is 53.3 Å². The van der Waals surface area contributed by atoms with E-state index in [1.165, 1.54) is 34.9 Å². The Kier molecular flexibility index (Phi) is 4.04. The van der Waals surface area contributed by atoms with Crippen molar-refractivity contribution in [2.75, 3.05) is 6.61 Å². The molecular weight excluding hydrogens is 313 g/mol. The van der Waals surface area contributed by atoms with Crippen LogP contribution in [0, 0.1) is 5.82 Å². The predicted molar refractivity (Wildman–Crippen MR) is 87.7 cm³/mol. The number of halogens is 1. The van der Waals surface area contributed by atoms with Crippen LogP contribution in [0.4, 0.5) is 9.18 Å². The summed E-state index contributed by atoms with van der Waals surface area (Å²) in [6.45, 7) is 1.82. The second-order valence-corrected chi connectivity index (χ2v) is 5.14. The molecule has 0 radical (unpaired) electrons. The van der Waals surface area contributed by atoms with Crippen LogP contribution in [-0.4, -0.2) is 22.4 Å². The maximum absolute atomic E-state index is 13.5. The fraction of sp³-hybridized carbons (Fsp3) is 0.111. The van der Waals surface area contributed by atoms with Crippen LogP contribution < -0.4 is 5.43 Å². The van der Waals surface area contributed by atoms with Crippen LogP contribution >= 0.6 is 0 Å². The molecule has 6 heteroatoms. The number of aromatic nitrogens is 1. The molecule has 0 unspecified atom stereocenters. The smallest absolute Gasteiger partial charge is 0.418 e. The number of fused-ring (bicyclic) bond motifs is 1. The standard InChI is InChI=1S/C18H14FNO4/c1-2-24-18(23)20-15-8-5-12(19)9-14(15)17(22)10-16(20)11-3-6-13(21)7-4-11/h3-10,21H,2H2,1H3. The molecule has 0 aliphatic carbocycles. The van der Waals surface area contributed by atoms with Crippen molar-refractivity contribution in [1.29, 1.82) is 0 Å². The normalized spacial score (nSPS) is 10.8.